The summed E-state index contributed by atoms with van der Waals surface area (Å²) in [6.07, 6.45) is 10.6. The molecule has 2 heterocycles. The number of hydrogen-bond donors (Lipinski definition) is 2. The fourth-order valence-corrected chi connectivity index (χ4v) is 3.45. The molecule has 3 atom stereocenters. The molecule has 0 bridgehead atoms. The van der Waals surface area contributed by atoms with Crippen molar-refractivity contribution in [2.45, 2.75) is 57.2 Å². The maximum absolute atomic E-state index is 12.1. The lowest BCUT2D eigenvalue weighted by Gasteiger charge is -2.24. The zero-order valence-corrected chi connectivity index (χ0v) is 11.8. The Morgan fingerprint density at radius 1 is 1.40 bits per heavy atom. The highest BCUT2D eigenvalue weighted by molar-refractivity contribution is 5.82. The molecule has 6 heteroatoms. The monoisotopic (exact) mass is 277 g/mol. The molecule has 1 aliphatic carbocycles. The molecule has 2 fully saturated rings. The van der Waals surface area contributed by atoms with Gasteiger partial charge >= 0.3 is 0 Å². The van der Waals surface area contributed by atoms with Crippen LogP contribution in [0.1, 0.15) is 38.5 Å². The molecule has 2 aliphatic rings. The van der Waals surface area contributed by atoms with Crippen LogP contribution >= 0.6 is 0 Å². The van der Waals surface area contributed by atoms with E-state index in [4.69, 9.17) is 0 Å². The van der Waals surface area contributed by atoms with Crippen LogP contribution in [-0.4, -0.2) is 39.5 Å². The highest BCUT2D eigenvalue weighted by atomic mass is 16.2. The summed E-state index contributed by atoms with van der Waals surface area (Å²) in [6, 6.07) is 0.601. The molecular weight excluding hydrogens is 254 g/mol. The summed E-state index contributed by atoms with van der Waals surface area (Å²) in [7, 11) is 0. The molecule has 0 radical (unpaired) electrons. The van der Waals surface area contributed by atoms with Gasteiger partial charge in [-0.2, -0.15) is 0 Å². The molecule has 1 aliphatic heterocycles. The third kappa shape index (κ3) is 3.17. The first-order valence-corrected chi connectivity index (χ1v) is 7.71. The molecule has 1 aromatic rings. The highest BCUT2D eigenvalue weighted by Gasteiger charge is 2.37. The third-order valence-electron chi connectivity index (χ3n) is 4.51. The predicted molar refractivity (Wildman–Crippen MR) is 74.9 cm³/mol. The number of aryl methyl sites for hydroxylation is 1. The molecule has 6 nitrogen and oxygen atoms in total. The Morgan fingerprint density at radius 3 is 3.10 bits per heavy atom. The Bertz CT molecular complexity index is 419. The number of rotatable bonds is 5. The van der Waals surface area contributed by atoms with E-state index in [9.17, 15) is 4.79 Å². The smallest absolute Gasteiger partial charge is 0.237 e. The average molecular weight is 277 g/mol. The maximum atomic E-state index is 12.1. The van der Waals surface area contributed by atoms with Crippen LogP contribution in [0.2, 0.25) is 0 Å². The Balaban J connectivity index is 1.37. The minimum absolute atomic E-state index is 0.0227. The fraction of sp³-hybridized carbons (Fsp3) is 0.786. The van der Waals surface area contributed by atoms with Gasteiger partial charge in [0.25, 0.3) is 0 Å². The van der Waals surface area contributed by atoms with Crippen molar-refractivity contribution in [2.24, 2.45) is 5.92 Å². The number of nitrogens with one attached hydrogen (secondary N) is 2. The van der Waals surface area contributed by atoms with E-state index in [-0.39, 0.29) is 11.9 Å². The van der Waals surface area contributed by atoms with Crippen molar-refractivity contribution < 1.29 is 4.79 Å². The molecule has 3 rings (SSSR count). The van der Waals surface area contributed by atoms with Gasteiger partial charge in [-0.05, 0) is 31.6 Å². The highest BCUT2D eigenvalue weighted by Crippen LogP contribution is 2.33. The lowest BCUT2D eigenvalue weighted by Crippen LogP contribution is -2.43. The van der Waals surface area contributed by atoms with Crippen molar-refractivity contribution in [1.29, 1.82) is 0 Å². The summed E-state index contributed by atoms with van der Waals surface area (Å²) in [4.78, 5) is 12.1. The van der Waals surface area contributed by atoms with Crippen LogP contribution in [-0.2, 0) is 11.3 Å². The predicted octanol–water partition coefficient (Wildman–Crippen LogP) is 0.705. The summed E-state index contributed by atoms with van der Waals surface area (Å²) >= 11 is 0. The minimum Gasteiger partial charge on any atom is -0.355 e. The molecule has 20 heavy (non-hydrogen) atoms. The van der Waals surface area contributed by atoms with Crippen molar-refractivity contribution in [3.63, 3.8) is 0 Å². The van der Waals surface area contributed by atoms with Gasteiger partial charge in [-0.1, -0.05) is 18.1 Å². The Morgan fingerprint density at radius 2 is 2.30 bits per heavy atom. The van der Waals surface area contributed by atoms with Crippen LogP contribution in [0, 0.1) is 5.92 Å². The van der Waals surface area contributed by atoms with E-state index in [0.29, 0.717) is 12.6 Å². The summed E-state index contributed by atoms with van der Waals surface area (Å²) in [6.45, 7) is 1.50. The zero-order chi connectivity index (χ0) is 13.8. The standard InChI is InChI=1S/C14H23N5O/c20-14(15-6-3-8-19-9-7-16-18-19)13-10-11-4-1-2-5-12(11)17-13/h7,9,11-13,17H,1-6,8,10H2,(H,15,20). The molecule has 1 saturated heterocycles. The quantitative estimate of drug-likeness (QED) is 0.777. The second-order valence-corrected chi connectivity index (χ2v) is 5.92. The minimum atomic E-state index is 0.0227. The van der Waals surface area contributed by atoms with Crippen LogP contribution < -0.4 is 10.6 Å². The number of nitrogens with zero attached hydrogens (tertiary/aromatic N) is 3. The number of carbonyl (C=O) groups excluding carboxylic acids is 1. The van der Waals surface area contributed by atoms with Gasteiger partial charge in [-0.15, -0.1) is 5.10 Å². The average Bonchev–Trinajstić information content (AvgIpc) is 3.12. The van der Waals surface area contributed by atoms with Crippen molar-refractivity contribution in [2.75, 3.05) is 6.54 Å². The van der Waals surface area contributed by atoms with Crippen molar-refractivity contribution in [3.8, 4) is 0 Å². The molecule has 0 aromatic carbocycles. The van der Waals surface area contributed by atoms with Crippen LogP contribution in [0.4, 0.5) is 0 Å². The van der Waals surface area contributed by atoms with Crippen LogP contribution in [0.25, 0.3) is 0 Å². The van der Waals surface area contributed by atoms with Gasteiger partial charge in [0, 0.05) is 25.3 Å². The summed E-state index contributed by atoms with van der Waals surface area (Å²) < 4.78 is 1.79. The molecule has 1 amide bonds. The molecule has 3 unspecified atom stereocenters. The van der Waals surface area contributed by atoms with E-state index in [1.165, 1.54) is 25.7 Å². The largest absolute Gasteiger partial charge is 0.355 e. The molecule has 110 valence electrons. The van der Waals surface area contributed by atoms with Gasteiger partial charge in [0.2, 0.25) is 5.91 Å². The van der Waals surface area contributed by atoms with E-state index in [1.807, 2.05) is 6.20 Å². The number of fused-ring (bicyclic) bond motifs is 1. The zero-order valence-electron chi connectivity index (χ0n) is 11.8. The SMILES string of the molecule is O=C(NCCCn1ccnn1)C1CC2CCCCC2N1. The summed E-state index contributed by atoms with van der Waals surface area (Å²) in [5, 5.41) is 14.2. The van der Waals surface area contributed by atoms with Crippen LogP contribution in [0.3, 0.4) is 0 Å². The Labute approximate surface area is 119 Å². The number of aromatic nitrogens is 3. The Kier molecular flexibility index (Phi) is 4.30. The van der Waals surface area contributed by atoms with E-state index >= 15 is 0 Å². The summed E-state index contributed by atoms with van der Waals surface area (Å²) in [5.41, 5.74) is 0. The lowest BCUT2D eigenvalue weighted by atomic mass is 9.85. The van der Waals surface area contributed by atoms with E-state index < -0.39 is 0 Å². The lowest BCUT2D eigenvalue weighted by molar-refractivity contribution is -0.122. The first-order chi connectivity index (χ1) is 9.83. The van der Waals surface area contributed by atoms with Crippen molar-refractivity contribution in [3.05, 3.63) is 12.4 Å². The fourth-order valence-electron chi connectivity index (χ4n) is 3.45. The van der Waals surface area contributed by atoms with E-state index in [2.05, 4.69) is 20.9 Å². The van der Waals surface area contributed by atoms with Gasteiger partial charge < -0.3 is 10.6 Å². The first-order valence-electron chi connectivity index (χ1n) is 7.71. The second kappa shape index (κ2) is 6.35. The van der Waals surface area contributed by atoms with Gasteiger partial charge in [0.05, 0.1) is 12.2 Å². The van der Waals surface area contributed by atoms with Gasteiger partial charge in [-0.25, -0.2) is 0 Å². The van der Waals surface area contributed by atoms with E-state index in [0.717, 1.165) is 25.3 Å². The van der Waals surface area contributed by atoms with Crippen LogP contribution in [0.5, 0.6) is 0 Å². The molecule has 1 saturated carbocycles. The van der Waals surface area contributed by atoms with Gasteiger partial charge in [0.15, 0.2) is 0 Å². The van der Waals surface area contributed by atoms with Crippen molar-refractivity contribution in [1.82, 2.24) is 25.6 Å². The molecule has 2 N–H and O–H groups in total. The number of amides is 1. The number of hydrogen-bond acceptors (Lipinski definition) is 4. The topological polar surface area (TPSA) is 71.8 Å². The number of carbonyl (C=O) groups is 1. The van der Waals surface area contributed by atoms with Crippen molar-refractivity contribution >= 4 is 5.91 Å². The van der Waals surface area contributed by atoms with Gasteiger partial charge in [-0.3, -0.25) is 9.48 Å². The van der Waals surface area contributed by atoms with Gasteiger partial charge in [0.1, 0.15) is 0 Å². The first kappa shape index (κ1) is 13.5. The molecule has 1 aromatic heterocycles. The van der Waals surface area contributed by atoms with Crippen LogP contribution in [0.15, 0.2) is 12.4 Å². The third-order valence-corrected chi connectivity index (χ3v) is 4.51. The second-order valence-electron chi connectivity index (χ2n) is 5.92. The Hall–Kier alpha value is -1.43. The molecular formula is C14H23N5O. The molecule has 0 spiro atoms. The maximum Gasteiger partial charge on any atom is 0.237 e. The van der Waals surface area contributed by atoms with E-state index in [1.54, 1.807) is 10.9 Å². The normalized spacial score (nSPS) is 29.1. The summed E-state index contributed by atoms with van der Waals surface area (Å²) in [5.74, 6) is 0.882.